The molecule has 0 aliphatic carbocycles. The maximum atomic E-state index is 13.1. The summed E-state index contributed by atoms with van der Waals surface area (Å²) >= 11 is 0. The van der Waals surface area contributed by atoms with Gasteiger partial charge in [0.1, 0.15) is 5.82 Å². The van der Waals surface area contributed by atoms with E-state index < -0.39 is 0 Å². The van der Waals surface area contributed by atoms with Crippen molar-refractivity contribution in [3.8, 4) is 11.3 Å². The Morgan fingerprint density at radius 3 is 2.48 bits per heavy atom. The third-order valence-electron chi connectivity index (χ3n) is 4.38. The van der Waals surface area contributed by atoms with E-state index in [-0.39, 0.29) is 30.4 Å². The Morgan fingerprint density at radius 1 is 1.04 bits per heavy atom. The van der Waals surface area contributed by atoms with Crippen molar-refractivity contribution in [2.45, 2.75) is 20.4 Å². The minimum Gasteiger partial charge on any atom is -0.350 e. The van der Waals surface area contributed by atoms with Crippen molar-refractivity contribution in [3.63, 3.8) is 0 Å². The van der Waals surface area contributed by atoms with Crippen LogP contribution >= 0.6 is 0 Å². The van der Waals surface area contributed by atoms with E-state index in [4.69, 9.17) is 0 Å². The average Bonchev–Trinajstić information content (AvgIpc) is 2.66. The third kappa shape index (κ3) is 4.47. The van der Waals surface area contributed by atoms with Gasteiger partial charge < -0.3 is 5.32 Å². The van der Waals surface area contributed by atoms with Gasteiger partial charge in [-0.1, -0.05) is 6.07 Å². The average molecular weight is 365 g/mol. The molecule has 27 heavy (non-hydrogen) atoms. The molecule has 0 fully saturated rings. The van der Waals surface area contributed by atoms with E-state index >= 15 is 0 Å². The number of nitrogens with one attached hydrogen (secondary N) is 1. The smallest absolute Gasteiger partial charge is 0.266 e. The Morgan fingerprint density at radius 2 is 1.78 bits per heavy atom. The van der Waals surface area contributed by atoms with Crippen LogP contribution in [-0.2, 0) is 6.54 Å². The second-order valence-electron chi connectivity index (χ2n) is 6.34. The quantitative estimate of drug-likeness (QED) is 0.756. The zero-order valence-corrected chi connectivity index (χ0v) is 15.2. The van der Waals surface area contributed by atoms with Gasteiger partial charge in [0.05, 0.1) is 12.2 Å². The van der Waals surface area contributed by atoms with Crippen LogP contribution in [0.15, 0.2) is 59.4 Å². The lowest BCUT2D eigenvalue weighted by atomic mass is 10.1. The topological polar surface area (TPSA) is 64.0 Å². The van der Waals surface area contributed by atoms with Gasteiger partial charge in [0.15, 0.2) is 0 Å². The molecule has 0 aliphatic rings. The van der Waals surface area contributed by atoms with Crippen LogP contribution in [0.5, 0.6) is 0 Å². The molecule has 1 heterocycles. The molecule has 138 valence electrons. The van der Waals surface area contributed by atoms with E-state index in [1.54, 1.807) is 24.3 Å². The highest BCUT2D eigenvalue weighted by molar-refractivity contribution is 5.94. The first-order valence-electron chi connectivity index (χ1n) is 8.63. The van der Waals surface area contributed by atoms with Crippen LogP contribution in [0.25, 0.3) is 11.3 Å². The molecule has 5 nitrogen and oxygen atoms in total. The van der Waals surface area contributed by atoms with Crippen molar-refractivity contribution in [2.24, 2.45) is 0 Å². The summed E-state index contributed by atoms with van der Waals surface area (Å²) in [5.41, 5.74) is 3.77. The predicted octanol–water partition coefficient (Wildman–Crippen LogP) is 3.10. The lowest BCUT2D eigenvalue weighted by molar-refractivity contribution is 0.0951. The van der Waals surface area contributed by atoms with Gasteiger partial charge in [-0.3, -0.25) is 9.59 Å². The second kappa shape index (κ2) is 7.95. The monoisotopic (exact) mass is 365 g/mol. The molecule has 1 amide bonds. The lowest BCUT2D eigenvalue weighted by Crippen LogP contribution is -2.32. The summed E-state index contributed by atoms with van der Waals surface area (Å²) in [6, 6.07) is 14.4. The molecule has 0 aliphatic heterocycles. The molecule has 2 aromatic carbocycles. The van der Waals surface area contributed by atoms with E-state index in [1.807, 2.05) is 26.0 Å². The van der Waals surface area contributed by atoms with Crippen molar-refractivity contribution in [3.05, 3.63) is 87.5 Å². The SMILES string of the molecule is Cc1ccc(C(=O)NCCn2nc(-c3ccc(F)cc3)ccc2=O)cc1C. The van der Waals surface area contributed by atoms with Gasteiger partial charge in [-0.05, 0) is 67.4 Å². The summed E-state index contributed by atoms with van der Waals surface area (Å²) in [7, 11) is 0. The molecule has 1 aromatic heterocycles. The molecule has 0 atom stereocenters. The normalized spacial score (nSPS) is 10.6. The summed E-state index contributed by atoms with van der Waals surface area (Å²) in [6.45, 7) is 4.45. The van der Waals surface area contributed by atoms with E-state index in [2.05, 4.69) is 10.4 Å². The fraction of sp³-hybridized carbons (Fsp3) is 0.190. The van der Waals surface area contributed by atoms with Crippen molar-refractivity contribution < 1.29 is 9.18 Å². The number of halogens is 1. The van der Waals surface area contributed by atoms with Crippen molar-refractivity contribution in [1.82, 2.24) is 15.1 Å². The molecule has 0 saturated heterocycles. The zero-order valence-electron chi connectivity index (χ0n) is 15.2. The molecule has 6 heteroatoms. The minimum absolute atomic E-state index is 0.194. The maximum Gasteiger partial charge on any atom is 0.266 e. The first-order valence-corrected chi connectivity index (χ1v) is 8.63. The van der Waals surface area contributed by atoms with E-state index in [9.17, 15) is 14.0 Å². The molecule has 0 bridgehead atoms. The summed E-state index contributed by atoms with van der Waals surface area (Å²) in [6.07, 6.45) is 0. The Hall–Kier alpha value is -3.28. The first-order chi connectivity index (χ1) is 12.9. The maximum absolute atomic E-state index is 13.1. The highest BCUT2D eigenvalue weighted by Gasteiger charge is 2.08. The van der Waals surface area contributed by atoms with Crippen LogP contribution in [0, 0.1) is 19.7 Å². The fourth-order valence-corrected chi connectivity index (χ4v) is 2.64. The van der Waals surface area contributed by atoms with Crippen molar-refractivity contribution >= 4 is 5.91 Å². The van der Waals surface area contributed by atoms with Crippen LogP contribution < -0.4 is 10.9 Å². The van der Waals surface area contributed by atoms with Gasteiger partial charge in [0.25, 0.3) is 11.5 Å². The number of rotatable bonds is 5. The number of benzene rings is 2. The Kier molecular flexibility index (Phi) is 5.45. The number of nitrogens with zero attached hydrogens (tertiary/aromatic N) is 2. The third-order valence-corrected chi connectivity index (χ3v) is 4.38. The van der Waals surface area contributed by atoms with Crippen LogP contribution in [0.4, 0.5) is 4.39 Å². The largest absolute Gasteiger partial charge is 0.350 e. The van der Waals surface area contributed by atoms with Crippen LogP contribution in [0.2, 0.25) is 0 Å². The van der Waals surface area contributed by atoms with Gasteiger partial charge in [-0.25, -0.2) is 9.07 Å². The van der Waals surface area contributed by atoms with Crippen LogP contribution in [-0.4, -0.2) is 22.2 Å². The Balaban J connectivity index is 1.67. The Bertz CT molecular complexity index is 1030. The summed E-state index contributed by atoms with van der Waals surface area (Å²) in [4.78, 5) is 24.3. The van der Waals surface area contributed by atoms with Gasteiger partial charge in [-0.2, -0.15) is 5.10 Å². The molecule has 0 radical (unpaired) electrons. The molecule has 3 rings (SSSR count). The number of aryl methyl sites for hydroxylation is 2. The number of carbonyl (C=O) groups excluding carboxylic acids is 1. The van der Waals surface area contributed by atoms with E-state index in [0.29, 0.717) is 16.8 Å². The van der Waals surface area contributed by atoms with Crippen LogP contribution in [0.1, 0.15) is 21.5 Å². The van der Waals surface area contributed by atoms with Gasteiger partial charge in [0, 0.05) is 23.7 Å². The number of hydrogen-bond donors (Lipinski definition) is 1. The van der Waals surface area contributed by atoms with Crippen LogP contribution in [0.3, 0.4) is 0 Å². The fourth-order valence-electron chi connectivity index (χ4n) is 2.64. The minimum atomic E-state index is -0.332. The lowest BCUT2D eigenvalue weighted by Gasteiger charge is -2.09. The summed E-state index contributed by atoms with van der Waals surface area (Å²) < 4.78 is 14.4. The zero-order chi connectivity index (χ0) is 19.4. The van der Waals surface area contributed by atoms with Gasteiger partial charge in [-0.15, -0.1) is 0 Å². The van der Waals surface area contributed by atoms with Gasteiger partial charge >= 0.3 is 0 Å². The molecule has 0 unspecified atom stereocenters. The molecule has 0 spiro atoms. The highest BCUT2D eigenvalue weighted by Crippen LogP contribution is 2.15. The van der Waals surface area contributed by atoms with Gasteiger partial charge in [0.2, 0.25) is 0 Å². The molecular weight excluding hydrogens is 345 g/mol. The number of amides is 1. The number of aromatic nitrogens is 2. The first kappa shape index (κ1) is 18.5. The standard InChI is InChI=1S/C21H20FN3O2/c1-14-3-4-17(13-15(14)2)21(27)23-11-12-25-20(26)10-9-19(24-25)16-5-7-18(22)8-6-16/h3-10,13H,11-12H2,1-2H3,(H,23,27). The molecule has 1 N–H and O–H groups in total. The van der Waals surface area contributed by atoms with E-state index in [0.717, 1.165) is 11.1 Å². The van der Waals surface area contributed by atoms with Crippen molar-refractivity contribution in [1.29, 1.82) is 0 Å². The van der Waals surface area contributed by atoms with Crippen molar-refractivity contribution in [2.75, 3.05) is 6.54 Å². The van der Waals surface area contributed by atoms with E-state index in [1.165, 1.54) is 22.9 Å². The molecule has 0 saturated carbocycles. The predicted molar refractivity (Wildman–Crippen MR) is 102 cm³/mol. The summed E-state index contributed by atoms with van der Waals surface area (Å²) in [5, 5.41) is 7.10. The molecular formula is C21H20FN3O2. The number of hydrogen-bond acceptors (Lipinski definition) is 3. The highest BCUT2D eigenvalue weighted by atomic mass is 19.1. The Labute approximate surface area is 156 Å². The summed E-state index contributed by atoms with van der Waals surface area (Å²) in [5.74, 6) is -0.526. The second-order valence-corrected chi connectivity index (χ2v) is 6.34. The molecule has 3 aromatic rings. The number of carbonyl (C=O) groups is 1.